The van der Waals surface area contributed by atoms with Crippen LogP contribution in [0, 0.1) is 6.92 Å². The fourth-order valence-electron chi connectivity index (χ4n) is 1.12. The molecule has 0 saturated carbocycles. The third-order valence-corrected chi connectivity index (χ3v) is 2.32. The quantitative estimate of drug-likeness (QED) is 0.711. The van der Waals surface area contributed by atoms with E-state index in [2.05, 4.69) is 10.2 Å². The smallest absolute Gasteiger partial charge is 0.216 e. The number of nitrogens with two attached hydrogens (primary N) is 1. The van der Waals surface area contributed by atoms with E-state index in [1.54, 1.807) is 11.5 Å². The Bertz CT molecular complexity index is 395. The Labute approximate surface area is 76.8 Å². The van der Waals surface area contributed by atoms with Crippen molar-refractivity contribution >= 4 is 10.0 Å². The van der Waals surface area contributed by atoms with Crippen LogP contribution in [0.3, 0.4) is 0 Å². The van der Waals surface area contributed by atoms with Crippen molar-refractivity contribution < 1.29 is 8.42 Å². The largest absolute Gasteiger partial charge is 0.315 e. The van der Waals surface area contributed by atoms with Gasteiger partial charge in [0.25, 0.3) is 0 Å². The Kier molecular flexibility index (Phi) is 2.67. The molecule has 0 atom stereocenters. The molecule has 0 saturated heterocycles. The number of hydrogen-bond donors (Lipinski definition) is 1. The molecular weight excluding hydrogens is 192 g/mol. The molecular formula is C6H12N4O2S. The van der Waals surface area contributed by atoms with Gasteiger partial charge in [0.2, 0.25) is 10.0 Å². The topological polar surface area (TPSA) is 90.9 Å². The molecule has 0 bridgehead atoms. The lowest BCUT2D eigenvalue weighted by Gasteiger charge is -2.02. The van der Waals surface area contributed by atoms with E-state index in [4.69, 9.17) is 5.14 Å². The van der Waals surface area contributed by atoms with Gasteiger partial charge < -0.3 is 4.57 Å². The molecule has 7 heteroatoms. The van der Waals surface area contributed by atoms with E-state index < -0.39 is 10.0 Å². The first-order valence-corrected chi connectivity index (χ1v) is 5.54. The molecule has 0 spiro atoms. The average Bonchev–Trinajstić information content (AvgIpc) is 2.28. The minimum Gasteiger partial charge on any atom is -0.315 e. The minimum absolute atomic E-state index is 0.262. The van der Waals surface area contributed by atoms with Crippen molar-refractivity contribution in [2.45, 2.75) is 26.1 Å². The van der Waals surface area contributed by atoms with Gasteiger partial charge in [-0.25, -0.2) is 13.6 Å². The second-order valence-corrected chi connectivity index (χ2v) is 4.33. The van der Waals surface area contributed by atoms with Gasteiger partial charge in [0, 0.05) is 6.54 Å². The minimum atomic E-state index is -3.52. The van der Waals surface area contributed by atoms with Gasteiger partial charge in [-0.2, -0.15) is 0 Å². The van der Waals surface area contributed by atoms with Crippen LogP contribution in [-0.2, 0) is 22.3 Å². The fourth-order valence-corrected chi connectivity index (χ4v) is 1.70. The Morgan fingerprint density at radius 3 is 2.54 bits per heavy atom. The van der Waals surface area contributed by atoms with Crippen molar-refractivity contribution in [1.29, 1.82) is 0 Å². The molecule has 0 aliphatic rings. The van der Waals surface area contributed by atoms with E-state index in [1.165, 1.54) is 0 Å². The standard InChI is InChI=1S/C6H12N4O2S/c1-3-10-5(2)8-9-6(10)4-13(7,11)12/h3-4H2,1-2H3,(H2,7,11,12). The first kappa shape index (κ1) is 10.1. The van der Waals surface area contributed by atoms with E-state index in [0.717, 1.165) is 0 Å². The summed E-state index contributed by atoms with van der Waals surface area (Å²) in [7, 11) is -3.52. The maximum atomic E-state index is 10.8. The zero-order chi connectivity index (χ0) is 10.1. The van der Waals surface area contributed by atoms with Gasteiger partial charge in [0.05, 0.1) is 0 Å². The first-order chi connectivity index (χ1) is 5.94. The Hall–Kier alpha value is -0.950. The summed E-state index contributed by atoms with van der Waals surface area (Å²) in [6, 6.07) is 0. The van der Waals surface area contributed by atoms with Crippen molar-refractivity contribution in [3.05, 3.63) is 11.6 Å². The maximum Gasteiger partial charge on any atom is 0.216 e. The van der Waals surface area contributed by atoms with Crippen LogP contribution in [0.1, 0.15) is 18.6 Å². The fraction of sp³-hybridized carbons (Fsp3) is 0.667. The summed E-state index contributed by atoms with van der Waals surface area (Å²) in [5.41, 5.74) is 0. The van der Waals surface area contributed by atoms with Crippen molar-refractivity contribution in [1.82, 2.24) is 14.8 Å². The zero-order valence-corrected chi connectivity index (χ0v) is 8.37. The molecule has 0 aromatic carbocycles. The van der Waals surface area contributed by atoms with Crippen LogP contribution in [-0.4, -0.2) is 23.2 Å². The van der Waals surface area contributed by atoms with Crippen LogP contribution >= 0.6 is 0 Å². The monoisotopic (exact) mass is 204 g/mol. The van der Waals surface area contributed by atoms with E-state index in [-0.39, 0.29) is 5.75 Å². The normalized spacial score (nSPS) is 11.9. The van der Waals surface area contributed by atoms with Crippen LogP contribution in [0.15, 0.2) is 0 Å². The molecule has 1 heterocycles. The Morgan fingerprint density at radius 2 is 2.08 bits per heavy atom. The zero-order valence-electron chi connectivity index (χ0n) is 7.56. The summed E-state index contributed by atoms with van der Waals surface area (Å²) in [5.74, 6) is 0.824. The number of aryl methyl sites for hydroxylation is 1. The van der Waals surface area contributed by atoms with E-state index in [9.17, 15) is 8.42 Å². The highest BCUT2D eigenvalue weighted by molar-refractivity contribution is 7.88. The lowest BCUT2D eigenvalue weighted by Crippen LogP contribution is -2.18. The summed E-state index contributed by atoms with van der Waals surface area (Å²) in [6.07, 6.45) is 0. The van der Waals surface area contributed by atoms with Crippen molar-refractivity contribution in [2.24, 2.45) is 5.14 Å². The number of nitrogens with zero attached hydrogens (tertiary/aromatic N) is 3. The van der Waals surface area contributed by atoms with Gasteiger partial charge >= 0.3 is 0 Å². The highest BCUT2D eigenvalue weighted by Crippen LogP contribution is 2.03. The third kappa shape index (κ3) is 2.49. The Balaban J connectivity index is 3.02. The molecule has 0 aliphatic carbocycles. The summed E-state index contributed by atoms with van der Waals surface area (Å²) in [6.45, 7) is 4.30. The Morgan fingerprint density at radius 1 is 1.46 bits per heavy atom. The van der Waals surface area contributed by atoms with Gasteiger partial charge in [-0.1, -0.05) is 0 Å². The highest BCUT2D eigenvalue weighted by atomic mass is 32.2. The summed E-state index contributed by atoms with van der Waals surface area (Å²) >= 11 is 0. The first-order valence-electron chi connectivity index (χ1n) is 3.83. The third-order valence-electron chi connectivity index (χ3n) is 1.66. The van der Waals surface area contributed by atoms with Crippen LogP contribution in [0.2, 0.25) is 0 Å². The maximum absolute atomic E-state index is 10.8. The lowest BCUT2D eigenvalue weighted by atomic mass is 10.5. The molecule has 1 rings (SSSR count). The van der Waals surface area contributed by atoms with E-state index >= 15 is 0 Å². The predicted molar refractivity (Wildman–Crippen MR) is 47.2 cm³/mol. The molecule has 0 unspecified atom stereocenters. The van der Waals surface area contributed by atoms with Gasteiger partial charge in [0.1, 0.15) is 17.4 Å². The summed E-state index contributed by atoms with van der Waals surface area (Å²) < 4.78 is 23.3. The molecule has 1 aromatic rings. The average molecular weight is 204 g/mol. The molecule has 74 valence electrons. The summed E-state index contributed by atoms with van der Waals surface area (Å²) in [5, 5.41) is 12.4. The van der Waals surface area contributed by atoms with E-state index in [0.29, 0.717) is 18.2 Å². The predicted octanol–water partition coefficient (Wildman–Crippen LogP) is -0.605. The van der Waals surface area contributed by atoms with Crippen LogP contribution in [0.25, 0.3) is 0 Å². The summed E-state index contributed by atoms with van der Waals surface area (Å²) in [4.78, 5) is 0. The van der Waals surface area contributed by atoms with Crippen molar-refractivity contribution in [3.8, 4) is 0 Å². The lowest BCUT2D eigenvalue weighted by molar-refractivity contribution is 0.592. The molecule has 0 fully saturated rings. The van der Waals surface area contributed by atoms with Crippen LogP contribution in [0.4, 0.5) is 0 Å². The second kappa shape index (κ2) is 3.43. The highest BCUT2D eigenvalue weighted by Gasteiger charge is 2.12. The number of sulfonamides is 1. The second-order valence-electron chi connectivity index (χ2n) is 2.71. The number of primary sulfonamides is 1. The molecule has 13 heavy (non-hydrogen) atoms. The SMILES string of the molecule is CCn1c(C)nnc1CS(N)(=O)=O. The van der Waals surface area contributed by atoms with Gasteiger partial charge in [-0.15, -0.1) is 10.2 Å². The van der Waals surface area contributed by atoms with Crippen molar-refractivity contribution in [2.75, 3.05) is 0 Å². The number of rotatable bonds is 3. The van der Waals surface area contributed by atoms with Gasteiger partial charge in [0.15, 0.2) is 0 Å². The van der Waals surface area contributed by atoms with Gasteiger partial charge in [-0.3, -0.25) is 0 Å². The van der Waals surface area contributed by atoms with Crippen LogP contribution in [0.5, 0.6) is 0 Å². The molecule has 0 amide bonds. The number of aromatic nitrogens is 3. The number of hydrogen-bond acceptors (Lipinski definition) is 4. The van der Waals surface area contributed by atoms with Gasteiger partial charge in [-0.05, 0) is 13.8 Å². The molecule has 1 aromatic heterocycles. The molecule has 0 radical (unpaired) electrons. The molecule has 0 aliphatic heterocycles. The van der Waals surface area contributed by atoms with Crippen LogP contribution < -0.4 is 5.14 Å². The van der Waals surface area contributed by atoms with Crippen molar-refractivity contribution in [3.63, 3.8) is 0 Å². The van der Waals surface area contributed by atoms with E-state index in [1.807, 2.05) is 6.92 Å². The molecule has 6 nitrogen and oxygen atoms in total. The molecule has 2 N–H and O–H groups in total.